The van der Waals surface area contributed by atoms with Gasteiger partial charge in [-0.1, -0.05) is 12.1 Å². The number of nitrogens with one attached hydrogen (secondary N) is 2. The average Bonchev–Trinajstić information content (AvgIpc) is 2.96. The van der Waals surface area contributed by atoms with Gasteiger partial charge < -0.3 is 20.4 Å². The second-order valence-corrected chi connectivity index (χ2v) is 6.01. The number of amides is 1. The minimum absolute atomic E-state index is 0.178. The second-order valence-electron chi connectivity index (χ2n) is 5.13. The molecule has 27 heavy (non-hydrogen) atoms. The van der Waals surface area contributed by atoms with Gasteiger partial charge in [0.1, 0.15) is 10.9 Å². The molecule has 1 aromatic heterocycles. The predicted octanol–water partition coefficient (Wildman–Crippen LogP) is 0.564. The van der Waals surface area contributed by atoms with Crippen LogP contribution in [-0.4, -0.2) is 44.8 Å². The van der Waals surface area contributed by atoms with Gasteiger partial charge >= 0.3 is 5.97 Å². The van der Waals surface area contributed by atoms with Crippen LogP contribution in [0.25, 0.3) is 0 Å². The number of carbonyl (C=O) groups is 2. The average molecular weight is 396 g/mol. The minimum atomic E-state index is -1.23. The summed E-state index contributed by atoms with van der Waals surface area (Å²) < 4.78 is 3.13. The van der Waals surface area contributed by atoms with Gasteiger partial charge in [-0.15, -0.1) is 4.73 Å². The lowest BCUT2D eigenvalue weighted by Gasteiger charge is -2.16. The number of aromatic hydroxyl groups is 2. The van der Waals surface area contributed by atoms with Crippen molar-refractivity contribution >= 4 is 29.5 Å². The zero-order chi connectivity index (χ0) is 20.0. The Kier molecular flexibility index (Phi) is 6.62. The van der Waals surface area contributed by atoms with Gasteiger partial charge in [0.2, 0.25) is 17.7 Å². The van der Waals surface area contributed by atoms with Gasteiger partial charge in [0.25, 0.3) is 5.69 Å². The summed E-state index contributed by atoms with van der Waals surface area (Å²) in [7, 11) is 1.38. The maximum Gasteiger partial charge on any atom is 0.351 e. The zero-order valence-electron chi connectivity index (χ0n) is 14.0. The molecule has 1 heterocycles. The molecule has 0 aliphatic carbocycles. The molecule has 0 saturated heterocycles. The number of nitro groups is 1. The Labute approximate surface area is 157 Å². The Morgan fingerprint density at radius 1 is 1.26 bits per heavy atom. The van der Waals surface area contributed by atoms with Gasteiger partial charge in [-0.2, -0.15) is 0 Å². The molecule has 0 spiro atoms. The number of rotatable bonds is 8. The molecule has 1 atom stereocenters. The number of carbonyl (C=O) groups excluding carboxylic acids is 2. The Bertz CT molecular complexity index is 835. The second kappa shape index (κ2) is 8.91. The first-order chi connectivity index (χ1) is 12.8. The van der Waals surface area contributed by atoms with Crippen molar-refractivity contribution in [3.8, 4) is 11.8 Å². The summed E-state index contributed by atoms with van der Waals surface area (Å²) in [5, 5.41) is 32.5. The summed E-state index contributed by atoms with van der Waals surface area (Å²) in [5.74, 6) is -2.53. The van der Waals surface area contributed by atoms with Crippen LogP contribution in [0, 0.1) is 10.1 Å². The Hall–Kier alpha value is -3.25. The highest BCUT2D eigenvalue weighted by Crippen LogP contribution is 2.27. The SMILES string of the molecule is CNC(=O)CC(NSc1ccccc1[N+](=O)[O-])C(=O)On1c(O)ccc1O. The molecule has 0 fully saturated rings. The number of para-hydroxylation sites is 1. The molecule has 0 aliphatic heterocycles. The van der Waals surface area contributed by atoms with Crippen molar-refractivity contribution in [1.29, 1.82) is 0 Å². The maximum absolute atomic E-state index is 12.4. The van der Waals surface area contributed by atoms with E-state index in [-0.39, 0.29) is 17.0 Å². The fraction of sp³-hybridized carbons (Fsp3) is 0.200. The van der Waals surface area contributed by atoms with E-state index >= 15 is 0 Å². The Morgan fingerprint density at radius 3 is 2.48 bits per heavy atom. The molecule has 0 saturated carbocycles. The number of nitrogens with zero attached hydrogens (tertiary/aromatic N) is 2. The van der Waals surface area contributed by atoms with E-state index in [0.29, 0.717) is 4.73 Å². The normalized spacial score (nSPS) is 11.6. The lowest BCUT2D eigenvalue weighted by atomic mass is 10.2. The smallest absolute Gasteiger partial charge is 0.351 e. The van der Waals surface area contributed by atoms with Crippen LogP contribution in [-0.2, 0) is 9.59 Å². The summed E-state index contributed by atoms with van der Waals surface area (Å²) in [5.41, 5.74) is -0.178. The van der Waals surface area contributed by atoms with Gasteiger partial charge in [0.05, 0.1) is 11.3 Å². The minimum Gasteiger partial charge on any atom is -0.492 e. The number of nitro benzene ring substituents is 1. The molecule has 12 heteroatoms. The fourth-order valence-corrected chi connectivity index (χ4v) is 2.78. The van der Waals surface area contributed by atoms with Crippen molar-refractivity contribution < 1.29 is 29.6 Å². The fourth-order valence-electron chi connectivity index (χ4n) is 1.94. The molecule has 0 aliphatic rings. The van der Waals surface area contributed by atoms with Crippen molar-refractivity contribution in [2.75, 3.05) is 7.05 Å². The molecule has 2 rings (SSSR count). The van der Waals surface area contributed by atoms with E-state index in [1.165, 1.54) is 25.2 Å². The van der Waals surface area contributed by atoms with Crippen LogP contribution in [0.3, 0.4) is 0 Å². The number of aromatic nitrogens is 1. The predicted molar refractivity (Wildman–Crippen MR) is 93.9 cm³/mol. The standard InChI is InChI=1S/C15H16N4O7S/c1-16-12(20)8-9(15(23)26-18-13(21)6-7-14(18)22)17-27-11-5-3-2-4-10(11)19(24)25/h2-7,9,17,21-22H,8H2,1H3,(H,16,20). The van der Waals surface area contributed by atoms with Crippen molar-refractivity contribution in [2.45, 2.75) is 17.4 Å². The summed E-state index contributed by atoms with van der Waals surface area (Å²) in [6.07, 6.45) is -0.342. The summed E-state index contributed by atoms with van der Waals surface area (Å²) >= 11 is 0.779. The van der Waals surface area contributed by atoms with Crippen LogP contribution in [0.4, 0.5) is 5.69 Å². The van der Waals surface area contributed by atoms with E-state index in [1.54, 1.807) is 6.07 Å². The highest BCUT2D eigenvalue weighted by molar-refractivity contribution is 7.97. The van der Waals surface area contributed by atoms with E-state index in [0.717, 1.165) is 24.1 Å². The van der Waals surface area contributed by atoms with Crippen molar-refractivity contribution in [3.05, 3.63) is 46.5 Å². The molecule has 4 N–H and O–H groups in total. The van der Waals surface area contributed by atoms with Crippen molar-refractivity contribution in [3.63, 3.8) is 0 Å². The highest BCUT2D eigenvalue weighted by atomic mass is 32.2. The molecule has 1 amide bonds. The molecular weight excluding hydrogens is 380 g/mol. The summed E-state index contributed by atoms with van der Waals surface area (Å²) in [6.45, 7) is 0. The molecule has 11 nitrogen and oxygen atoms in total. The van der Waals surface area contributed by atoms with Crippen molar-refractivity contribution in [2.24, 2.45) is 0 Å². The van der Waals surface area contributed by atoms with Crippen LogP contribution in [0.5, 0.6) is 11.8 Å². The summed E-state index contributed by atoms with van der Waals surface area (Å²) in [4.78, 5) is 39.6. The molecule has 0 bridgehead atoms. The van der Waals surface area contributed by atoms with E-state index < -0.39 is 34.6 Å². The Balaban J connectivity index is 2.16. The molecule has 144 valence electrons. The Morgan fingerprint density at radius 2 is 1.89 bits per heavy atom. The lowest BCUT2D eigenvalue weighted by Crippen LogP contribution is -2.42. The lowest BCUT2D eigenvalue weighted by molar-refractivity contribution is -0.387. The first kappa shape index (κ1) is 20.1. The number of hydrogen-bond donors (Lipinski definition) is 4. The number of benzene rings is 1. The largest absolute Gasteiger partial charge is 0.492 e. The van der Waals surface area contributed by atoms with Crippen LogP contribution >= 0.6 is 11.9 Å². The van der Waals surface area contributed by atoms with Crippen LogP contribution in [0.2, 0.25) is 0 Å². The highest BCUT2D eigenvalue weighted by Gasteiger charge is 2.27. The van der Waals surface area contributed by atoms with E-state index in [2.05, 4.69) is 10.0 Å². The maximum atomic E-state index is 12.4. The molecule has 1 unspecified atom stereocenters. The van der Waals surface area contributed by atoms with Crippen LogP contribution in [0.1, 0.15) is 6.42 Å². The molecular formula is C15H16N4O7S. The van der Waals surface area contributed by atoms with Crippen LogP contribution in [0.15, 0.2) is 41.3 Å². The van der Waals surface area contributed by atoms with Gasteiger partial charge in [-0.3, -0.25) is 14.9 Å². The van der Waals surface area contributed by atoms with Crippen LogP contribution < -0.4 is 14.9 Å². The first-order valence-electron chi connectivity index (χ1n) is 7.51. The quantitative estimate of drug-likeness (QED) is 0.284. The first-order valence-corrected chi connectivity index (χ1v) is 8.33. The van der Waals surface area contributed by atoms with Gasteiger partial charge in [-0.05, 0) is 18.0 Å². The van der Waals surface area contributed by atoms with E-state index in [4.69, 9.17) is 4.84 Å². The van der Waals surface area contributed by atoms with Gasteiger partial charge in [-0.25, -0.2) is 9.52 Å². The topological polar surface area (TPSA) is 156 Å². The van der Waals surface area contributed by atoms with Crippen molar-refractivity contribution in [1.82, 2.24) is 14.8 Å². The monoisotopic (exact) mass is 396 g/mol. The third kappa shape index (κ3) is 5.12. The third-order valence-electron chi connectivity index (χ3n) is 3.30. The number of hydrogen-bond acceptors (Lipinski definition) is 9. The van der Waals surface area contributed by atoms with E-state index in [9.17, 15) is 29.9 Å². The van der Waals surface area contributed by atoms with Gasteiger partial charge in [0.15, 0.2) is 0 Å². The summed E-state index contributed by atoms with van der Waals surface area (Å²) in [6, 6.07) is 6.83. The molecule has 1 aromatic carbocycles. The molecule has 0 radical (unpaired) electrons. The molecule has 2 aromatic rings. The third-order valence-corrected chi connectivity index (χ3v) is 4.27. The van der Waals surface area contributed by atoms with Gasteiger partial charge in [0, 0.05) is 25.2 Å². The zero-order valence-corrected chi connectivity index (χ0v) is 14.8. The van der Waals surface area contributed by atoms with E-state index in [1.807, 2.05) is 0 Å².